The minimum absolute atomic E-state index is 0.0160. The smallest absolute Gasteiger partial charge is 0.192 e. The zero-order chi connectivity index (χ0) is 15.8. The topological polar surface area (TPSA) is 44.8 Å². The molecule has 1 aliphatic heterocycles. The summed E-state index contributed by atoms with van der Waals surface area (Å²) in [6.07, 6.45) is 1.86. The number of carbonyl (C=O) groups is 1. The van der Waals surface area contributed by atoms with Gasteiger partial charge in [-0.3, -0.25) is 4.79 Å². The van der Waals surface area contributed by atoms with Gasteiger partial charge >= 0.3 is 0 Å². The molecule has 4 heteroatoms. The molecule has 1 aromatic rings. The van der Waals surface area contributed by atoms with Crippen LogP contribution in [0.25, 0.3) is 6.08 Å². The van der Waals surface area contributed by atoms with Gasteiger partial charge in [-0.25, -0.2) is 0 Å². The van der Waals surface area contributed by atoms with Crippen molar-refractivity contribution >= 4 is 11.9 Å². The van der Waals surface area contributed by atoms with Gasteiger partial charge in [0.2, 0.25) is 0 Å². The molecule has 0 unspecified atom stereocenters. The predicted molar refractivity (Wildman–Crippen MR) is 81.8 cm³/mol. The number of methoxy groups -OCH3 is 2. The Hall–Kier alpha value is -1.81. The zero-order valence-electron chi connectivity index (χ0n) is 13.4. The van der Waals surface area contributed by atoms with Crippen LogP contribution in [0.1, 0.15) is 33.3 Å². The molecule has 0 aliphatic carbocycles. The summed E-state index contributed by atoms with van der Waals surface area (Å²) in [6, 6.07) is 5.56. The Balaban J connectivity index is 2.46. The molecule has 1 saturated heterocycles. The molecule has 0 saturated carbocycles. The number of benzene rings is 1. The molecule has 4 nitrogen and oxygen atoms in total. The average molecular weight is 290 g/mol. The van der Waals surface area contributed by atoms with Crippen molar-refractivity contribution in [1.29, 1.82) is 0 Å². The van der Waals surface area contributed by atoms with Crippen molar-refractivity contribution in [1.82, 2.24) is 0 Å². The molecule has 0 amide bonds. The van der Waals surface area contributed by atoms with E-state index in [-0.39, 0.29) is 5.78 Å². The number of carbonyl (C=O) groups excluding carboxylic acids is 1. The summed E-state index contributed by atoms with van der Waals surface area (Å²) in [6.45, 7) is 7.41. The molecule has 0 atom stereocenters. The summed E-state index contributed by atoms with van der Waals surface area (Å²) in [7, 11) is 3.18. The van der Waals surface area contributed by atoms with E-state index in [1.54, 1.807) is 28.1 Å². The molecule has 0 radical (unpaired) electrons. The lowest BCUT2D eigenvalue weighted by molar-refractivity contribution is -0.132. The summed E-state index contributed by atoms with van der Waals surface area (Å²) >= 11 is 0. The van der Waals surface area contributed by atoms with E-state index in [1.165, 1.54) is 0 Å². The summed E-state index contributed by atoms with van der Waals surface area (Å²) in [5.41, 5.74) is 0.157. The molecule has 0 aromatic heterocycles. The molecule has 1 heterocycles. The van der Waals surface area contributed by atoms with Gasteiger partial charge in [0.05, 0.1) is 19.8 Å². The van der Waals surface area contributed by atoms with Crippen LogP contribution in [0.15, 0.2) is 23.8 Å². The molecular weight excluding hydrogens is 268 g/mol. The fraction of sp³-hybridized carbons (Fsp3) is 0.471. The van der Waals surface area contributed by atoms with Crippen LogP contribution >= 0.6 is 0 Å². The van der Waals surface area contributed by atoms with Crippen LogP contribution in [0.5, 0.6) is 11.5 Å². The largest absolute Gasteiger partial charge is 0.493 e. The monoisotopic (exact) mass is 290 g/mol. The third kappa shape index (κ3) is 2.81. The van der Waals surface area contributed by atoms with E-state index < -0.39 is 11.2 Å². The molecular formula is C17H22O4. The van der Waals surface area contributed by atoms with Gasteiger partial charge in [-0.15, -0.1) is 0 Å². The predicted octanol–water partition coefficient (Wildman–Crippen LogP) is 3.24. The lowest BCUT2D eigenvalue weighted by Crippen LogP contribution is -2.29. The molecule has 21 heavy (non-hydrogen) atoms. The maximum Gasteiger partial charge on any atom is 0.192 e. The third-order valence-electron chi connectivity index (χ3n) is 3.67. The molecule has 1 fully saturated rings. The van der Waals surface area contributed by atoms with Crippen molar-refractivity contribution in [3.05, 3.63) is 29.3 Å². The van der Waals surface area contributed by atoms with Crippen molar-refractivity contribution in [2.75, 3.05) is 14.2 Å². The van der Waals surface area contributed by atoms with Crippen molar-refractivity contribution < 1.29 is 19.0 Å². The number of Topliss-reactive ketones (excluding diaryl/α,β-unsaturated/α-hetero) is 1. The van der Waals surface area contributed by atoms with Gasteiger partial charge < -0.3 is 14.2 Å². The quantitative estimate of drug-likeness (QED) is 0.802. The lowest BCUT2D eigenvalue weighted by atomic mass is 9.91. The van der Waals surface area contributed by atoms with Gasteiger partial charge in [-0.1, -0.05) is 6.07 Å². The van der Waals surface area contributed by atoms with Crippen molar-refractivity contribution in [2.24, 2.45) is 0 Å². The van der Waals surface area contributed by atoms with Crippen molar-refractivity contribution in [3.63, 3.8) is 0 Å². The summed E-state index contributed by atoms with van der Waals surface area (Å²) in [5, 5.41) is 0. The second kappa shape index (κ2) is 5.19. The number of ketones is 1. The van der Waals surface area contributed by atoms with E-state index in [4.69, 9.17) is 14.2 Å². The van der Waals surface area contributed by atoms with Gasteiger partial charge in [0.1, 0.15) is 5.60 Å². The normalized spacial score (nSPS) is 21.6. The fourth-order valence-corrected chi connectivity index (χ4v) is 2.69. The molecule has 2 rings (SSSR count). The van der Waals surface area contributed by atoms with Gasteiger partial charge in [0, 0.05) is 5.57 Å². The fourth-order valence-electron chi connectivity index (χ4n) is 2.69. The third-order valence-corrected chi connectivity index (χ3v) is 3.67. The molecule has 114 valence electrons. The Morgan fingerprint density at radius 2 is 1.62 bits per heavy atom. The van der Waals surface area contributed by atoms with Crippen LogP contribution in [0, 0.1) is 0 Å². The van der Waals surface area contributed by atoms with Crippen LogP contribution in [-0.2, 0) is 9.53 Å². The minimum Gasteiger partial charge on any atom is -0.493 e. The Bertz CT molecular complexity index is 597. The van der Waals surface area contributed by atoms with Crippen LogP contribution in [0.4, 0.5) is 0 Å². The van der Waals surface area contributed by atoms with E-state index >= 15 is 0 Å². The highest BCUT2D eigenvalue weighted by molar-refractivity contribution is 6.08. The maximum absolute atomic E-state index is 12.5. The summed E-state index contributed by atoms with van der Waals surface area (Å²) < 4.78 is 16.4. The number of ether oxygens (including phenoxy) is 3. The van der Waals surface area contributed by atoms with E-state index in [1.807, 2.05) is 38.1 Å². The van der Waals surface area contributed by atoms with Crippen LogP contribution in [-0.4, -0.2) is 31.2 Å². The molecule has 1 aliphatic rings. The standard InChI is InChI=1S/C17H22O4/c1-16(2)12(15(18)17(3,4)21-16)9-11-7-8-13(19-5)14(10-11)20-6/h7-10H,1-6H3/b12-9-. The Morgan fingerprint density at radius 1 is 1.00 bits per heavy atom. The first-order valence-electron chi connectivity index (χ1n) is 6.90. The first kappa shape index (κ1) is 15.6. The first-order chi connectivity index (χ1) is 9.71. The molecule has 0 N–H and O–H groups in total. The highest BCUT2D eigenvalue weighted by atomic mass is 16.5. The van der Waals surface area contributed by atoms with Crippen LogP contribution < -0.4 is 9.47 Å². The maximum atomic E-state index is 12.5. The van der Waals surface area contributed by atoms with E-state index in [9.17, 15) is 4.79 Å². The highest BCUT2D eigenvalue weighted by Crippen LogP contribution is 2.40. The highest BCUT2D eigenvalue weighted by Gasteiger charge is 2.49. The van der Waals surface area contributed by atoms with E-state index in [0.29, 0.717) is 17.1 Å². The van der Waals surface area contributed by atoms with E-state index in [2.05, 4.69) is 0 Å². The number of hydrogen-bond acceptors (Lipinski definition) is 4. The van der Waals surface area contributed by atoms with Gasteiger partial charge in [0.15, 0.2) is 17.3 Å². The van der Waals surface area contributed by atoms with Crippen LogP contribution in [0.3, 0.4) is 0 Å². The van der Waals surface area contributed by atoms with Gasteiger partial charge in [0.25, 0.3) is 0 Å². The summed E-state index contributed by atoms with van der Waals surface area (Å²) in [4.78, 5) is 12.5. The molecule has 1 aromatic carbocycles. The van der Waals surface area contributed by atoms with Crippen molar-refractivity contribution in [2.45, 2.75) is 38.9 Å². The Labute approximate surface area is 125 Å². The SMILES string of the molecule is COc1ccc(/C=C2/C(=O)C(C)(C)OC2(C)C)cc1OC. The first-order valence-corrected chi connectivity index (χ1v) is 6.90. The molecule has 0 spiro atoms. The minimum atomic E-state index is -0.786. The van der Waals surface area contributed by atoms with E-state index in [0.717, 1.165) is 5.56 Å². The number of rotatable bonds is 3. The van der Waals surface area contributed by atoms with Gasteiger partial charge in [-0.2, -0.15) is 0 Å². The Kier molecular flexibility index (Phi) is 3.85. The Morgan fingerprint density at radius 3 is 2.10 bits per heavy atom. The second-order valence-electron chi connectivity index (χ2n) is 6.12. The summed E-state index contributed by atoms with van der Waals surface area (Å²) in [5.74, 6) is 1.31. The zero-order valence-corrected chi connectivity index (χ0v) is 13.4. The average Bonchev–Trinajstić information content (AvgIpc) is 2.56. The second-order valence-corrected chi connectivity index (χ2v) is 6.12. The van der Waals surface area contributed by atoms with Crippen molar-refractivity contribution in [3.8, 4) is 11.5 Å². The molecule has 0 bridgehead atoms. The number of hydrogen-bond donors (Lipinski definition) is 0. The van der Waals surface area contributed by atoms with Gasteiger partial charge in [-0.05, 0) is 51.5 Å². The lowest BCUT2D eigenvalue weighted by Gasteiger charge is -2.22. The van der Waals surface area contributed by atoms with Crippen LogP contribution in [0.2, 0.25) is 0 Å².